The molecule has 1 aromatic carbocycles. The Hall–Kier alpha value is -1.63. The van der Waals surface area contributed by atoms with Gasteiger partial charge in [0.1, 0.15) is 4.90 Å². The van der Waals surface area contributed by atoms with Crippen LogP contribution < -0.4 is 0 Å². The van der Waals surface area contributed by atoms with E-state index in [4.69, 9.17) is 0 Å². The lowest BCUT2D eigenvalue weighted by Gasteiger charge is -2.38. The van der Waals surface area contributed by atoms with Gasteiger partial charge in [0.2, 0.25) is 0 Å². The lowest BCUT2D eigenvalue weighted by molar-refractivity contribution is -0.147. The number of carbonyl (C=O) groups is 1. The number of carboxylic acids is 1. The third-order valence-electron chi connectivity index (χ3n) is 3.61. The molecule has 0 amide bonds. The molecule has 0 spiro atoms. The van der Waals surface area contributed by atoms with Crippen LogP contribution in [0.1, 0.15) is 24.8 Å². The molecule has 2 rings (SSSR count). The quantitative estimate of drug-likeness (QED) is 0.878. The van der Waals surface area contributed by atoms with Crippen molar-refractivity contribution >= 4 is 15.8 Å². The van der Waals surface area contributed by atoms with Crippen molar-refractivity contribution in [3.63, 3.8) is 0 Å². The van der Waals surface area contributed by atoms with Gasteiger partial charge in [-0.1, -0.05) is 12.5 Å². The van der Waals surface area contributed by atoms with Crippen LogP contribution in [0.25, 0.3) is 0 Å². The molecule has 104 valence electrons. The van der Waals surface area contributed by atoms with E-state index in [1.54, 1.807) is 0 Å². The van der Waals surface area contributed by atoms with E-state index in [1.165, 1.54) is 6.07 Å². The SMILES string of the molecule is CS(=O)(=O)c1ccc(C2(C(=O)O)CCC2)c(O)c1F. The molecule has 0 aromatic heterocycles. The molecular formula is C12H13FO5S. The lowest BCUT2D eigenvalue weighted by Crippen LogP contribution is -2.42. The molecule has 1 aromatic rings. The number of hydrogen-bond acceptors (Lipinski definition) is 4. The third kappa shape index (κ3) is 1.98. The molecule has 0 saturated heterocycles. The van der Waals surface area contributed by atoms with Gasteiger partial charge in [0.25, 0.3) is 0 Å². The van der Waals surface area contributed by atoms with Crippen LogP contribution in [0.15, 0.2) is 17.0 Å². The van der Waals surface area contributed by atoms with E-state index >= 15 is 0 Å². The van der Waals surface area contributed by atoms with Crippen LogP contribution >= 0.6 is 0 Å². The number of rotatable bonds is 3. The Kier molecular flexibility index (Phi) is 3.04. The Morgan fingerprint density at radius 1 is 1.37 bits per heavy atom. The molecule has 0 unspecified atom stereocenters. The van der Waals surface area contributed by atoms with E-state index in [2.05, 4.69) is 0 Å². The second-order valence-corrected chi connectivity index (χ2v) is 6.77. The number of hydrogen-bond donors (Lipinski definition) is 2. The summed E-state index contributed by atoms with van der Waals surface area (Å²) in [6, 6.07) is 2.19. The first-order valence-electron chi connectivity index (χ1n) is 5.65. The van der Waals surface area contributed by atoms with Gasteiger partial charge in [-0.15, -0.1) is 0 Å². The van der Waals surface area contributed by atoms with Gasteiger partial charge in [-0.2, -0.15) is 0 Å². The topological polar surface area (TPSA) is 91.7 Å². The smallest absolute Gasteiger partial charge is 0.314 e. The third-order valence-corrected chi connectivity index (χ3v) is 4.73. The first-order valence-corrected chi connectivity index (χ1v) is 7.55. The summed E-state index contributed by atoms with van der Waals surface area (Å²) in [6.07, 6.45) is 2.09. The van der Waals surface area contributed by atoms with E-state index in [0.717, 1.165) is 12.3 Å². The summed E-state index contributed by atoms with van der Waals surface area (Å²) in [4.78, 5) is 10.7. The van der Waals surface area contributed by atoms with E-state index in [9.17, 15) is 27.8 Å². The molecule has 7 heteroatoms. The van der Waals surface area contributed by atoms with Crippen LogP contribution in [-0.4, -0.2) is 30.9 Å². The number of phenolic OH excluding ortho intramolecular Hbond substituents is 1. The average molecular weight is 288 g/mol. The Morgan fingerprint density at radius 3 is 2.32 bits per heavy atom. The molecule has 1 saturated carbocycles. The number of benzene rings is 1. The van der Waals surface area contributed by atoms with Gasteiger partial charge in [0.05, 0.1) is 5.41 Å². The largest absolute Gasteiger partial charge is 0.505 e. The van der Waals surface area contributed by atoms with Crippen LogP contribution in [0.3, 0.4) is 0 Å². The number of halogens is 1. The van der Waals surface area contributed by atoms with Crippen molar-refractivity contribution in [2.75, 3.05) is 6.26 Å². The first kappa shape index (κ1) is 13.8. The van der Waals surface area contributed by atoms with Crippen LogP contribution in [0.5, 0.6) is 5.75 Å². The molecule has 1 aliphatic rings. The molecular weight excluding hydrogens is 275 g/mol. The fourth-order valence-electron chi connectivity index (χ4n) is 2.35. The summed E-state index contributed by atoms with van der Waals surface area (Å²) < 4.78 is 36.5. The Labute approximate surface area is 109 Å². The van der Waals surface area contributed by atoms with Crippen molar-refractivity contribution in [1.82, 2.24) is 0 Å². The standard InChI is InChI=1S/C12H13FO5S/c1-19(17,18)8-4-3-7(10(14)9(8)13)12(11(15)16)5-2-6-12/h3-4,14H,2,5-6H2,1H3,(H,15,16). The minimum absolute atomic E-state index is 0.0591. The van der Waals surface area contributed by atoms with Crippen LogP contribution in [0.4, 0.5) is 4.39 Å². The zero-order valence-electron chi connectivity index (χ0n) is 10.2. The molecule has 2 N–H and O–H groups in total. The summed E-state index contributed by atoms with van der Waals surface area (Å²) in [5.41, 5.74) is -1.36. The second-order valence-electron chi connectivity index (χ2n) is 4.79. The maximum atomic E-state index is 13.9. The molecule has 0 heterocycles. The van der Waals surface area contributed by atoms with Gasteiger partial charge in [-0.25, -0.2) is 12.8 Å². The Bertz CT molecular complexity index is 646. The minimum atomic E-state index is -3.81. The van der Waals surface area contributed by atoms with Crippen molar-refractivity contribution < 1.29 is 27.8 Å². The highest BCUT2D eigenvalue weighted by atomic mass is 32.2. The zero-order valence-corrected chi connectivity index (χ0v) is 11.0. The highest BCUT2D eigenvalue weighted by molar-refractivity contribution is 7.90. The summed E-state index contributed by atoms with van der Waals surface area (Å²) in [5.74, 6) is -3.31. The summed E-state index contributed by atoms with van der Waals surface area (Å²) in [6.45, 7) is 0. The lowest BCUT2D eigenvalue weighted by atomic mass is 9.64. The minimum Gasteiger partial charge on any atom is -0.505 e. The van der Waals surface area contributed by atoms with Crippen LogP contribution in [-0.2, 0) is 20.0 Å². The van der Waals surface area contributed by atoms with E-state index < -0.39 is 37.7 Å². The molecule has 0 aliphatic heterocycles. The highest BCUT2D eigenvalue weighted by Crippen LogP contribution is 2.48. The number of carboxylic acid groups (broad SMARTS) is 1. The second kappa shape index (κ2) is 4.19. The van der Waals surface area contributed by atoms with Gasteiger partial charge in [0.15, 0.2) is 21.4 Å². The monoisotopic (exact) mass is 288 g/mol. The van der Waals surface area contributed by atoms with Gasteiger partial charge in [-0.05, 0) is 18.9 Å². The Morgan fingerprint density at radius 2 is 1.95 bits per heavy atom. The predicted octanol–water partition coefficient (Wildman–Crippen LogP) is 1.44. The van der Waals surface area contributed by atoms with Crippen molar-refractivity contribution in [1.29, 1.82) is 0 Å². The van der Waals surface area contributed by atoms with Gasteiger partial charge < -0.3 is 10.2 Å². The Balaban J connectivity index is 2.63. The highest BCUT2D eigenvalue weighted by Gasteiger charge is 2.48. The van der Waals surface area contributed by atoms with Gasteiger partial charge >= 0.3 is 5.97 Å². The number of sulfone groups is 1. The number of phenols is 1. The molecule has 1 fully saturated rings. The summed E-state index contributed by atoms with van der Waals surface area (Å²) in [5, 5.41) is 19.0. The van der Waals surface area contributed by atoms with Crippen LogP contribution in [0.2, 0.25) is 0 Å². The normalized spacial score (nSPS) is 17.8. The van der Waals surface area contributed by atoms with Gasteiger partial charge in [-0.3, -0.25) is 4.79 Å². The first-order chi connectivity index (χ1) is 8.70. The maximum Gasteiger partial charge on any atom is 0.314 e. The van der Waals surface area contributed by atoms with E-state index in [1.807, 2.05) is 0 Å². The molecule has 0 radical (unpaired) electrons. The van der Waals surface area contributed by atoms with Gasteiger partial charge in [0, 0.05) is 11.8 Å². The molecule has 1 aliphatic carbocycles. The molecule has 5 nitrogen and oxygen atoms in total. The molecule has 19 heavy (non-hydrogen) atoms. The van der Waals surface area contributed by atoms with Crippen molar-refractivity contribution in [2.24, 2.45) is 0 Å². The van der Waals surface area contributed by atoms with E-state index in [-0.39, 0.29) is 5.56 Å². The number of aliphatic carboxylic acids is 1. The average Bonchev–Trinajstić information content (AvgIpc) is 2.20. The van der Waals surface area contributed by atoms with Crippen LogP contribution in [0, 0.1) is 5.82 Å². The van der Waals surface area contributed by atoms with E-state index in [0.29, 0.717) is 19.3 Å². The van der Waals surface area contributed by atoms with Crippen molar-refractivity contribution in [3.8, 4) is 5.75 Å². The summed E-state index contributed by atoms with van der Waals surface area (Å²) >= 11 is 0. The summed E-state index contributed by atoms with van der Waals surface area (Å²) in [7, 11) is -3.81. The predicted molar refractivity (Wildman–Crippen MR) is 64.3 cm³/mol. The number of aromatic hydroxyl groups is 1. The molecule has 0 bridgehead atoms. The fourth-order valence-corrected chi connectivity index (χ4v) is 3.08. The fraction of sp³-hybridized carbons (Fsp3) is 0.417. The maximum absolute atomic E-state index is 13.9. The molecule has 0 atom stereocenters. The van der Waals surface area contributed by atoms with Crippen molar-refractivity contribution in [2.45, 2.75) is 29.6 Å². The zero-order chi connectivity index (χ0) is 14.4. The van der Waals surface area contributed by atoms with Crippen molar-refractivity contribution in [3.05, 3.63) is 23.5 Å².